The summed E-state index contributed by atoms with van der Waals surface area (Å²) in [5.41, 5.74) is 1.54. The number of aromatic nitrogens is 2. The number of carbonyl (C=O) groups excluding carboxylic acids is 2. The van der Waals surface area contributed by atoms with Crippen molar-refractivity contribution in [1.82, 2.24) is 20.2 Å². The largest absolute Gasteiger partial charge is 0.376 e. The van der Waals surface area contributed by atoms with E-state index in [0.29, 0.717) is 13.1 Å². The van der Waals surface area contributed by atoms with Gasteiger partial charge in [0.2, 0.25) is 5.91 Å². The van der Waals surface area contributed by atoms with Crippen molar-refractivity contribution in [1.29, 1.82) is 0 Å². The van der Waals surface area contributed by atoms with Crippen molar-refractivity contribution in [2.45, 2.75) is 51.2 Å². The van der Waals surface area contributed by atoms with Crippen LogP contribution >= 0.6 is 0 Å². The molecule has 1 aromatic heterocycles. The fourth-order valence-electron chi connectivity index (χ4n) is 3.56. The average Bonchev–Trinajstić information content (AvgIpc) is 3.29. The second-order valence-corrected chi connectivity index (χ2v) is 7.72. The summed E-state index contributed by atoms with van der Waals surface area (Å²) in [5, 5.41) is 3.04. The Kier molecular flexibility index (Phi) is 8.32. The Labute approximate surface area is 177 Å². The van der Waals surface area contributed by atoms with Crippen LogP contribution in [-0.2, 0) is 16.0 Å². The summed E-state index contributed by atoms with van der Waals surface area (Å²) in [6.07, 6.45) is 8.45. The van der Waals surface area contributed by atoms with Gasteiger partial charge < -0.3 is 15.0 Å². The number of carbonyl (C=O) groups is 2. The molecule has 0 saturated carbocycles. The molecule has 30 heavy (non-hydrogen) atoms. The molecule has 160 valence electrons. The number of aryl methyl sites for hydroxylation is 1. The molecular weight excluding hydrogens is 380 g/mol. The van der Waals surface area contributed by atoms with E-state index < -0.39 is 0 Å². The molecule has 0 radical (unpaired) electrons. The second kappa shape index (κ2) is 11.4. The van der Waals surface area contributed by atoms with E-state index in [9.17, 15) is 9.59 Å². The van der Waals surface area contributed by atoms with E-state index in [1.807, 2.05) is 25.1 Å². The van der Waals surface area contributed by atoms with Gasteiger partial charge in [-0.1, -0.05) is 30.3 Å². The van der Waals surface area contributed by atoms with Gasteiger partial charge in [-0.05, 0) is 38.2 Å². The van der Waals surface area contributed by atoms with Gasteiger partial charge in [0.05, 0.1) is 12.3 Å². The molecule has 1 aliphatic heterocycles. The third-order valence-electron chi connectivity index (χ3n) is 5.24. The van der Waals surface area contributed by atoms with Gasteiger partial charge >= 0.3 is 0 Å². The molecule has 3 rings (SSSR count). The minimum Gasteiger partial charge on any atom is -0.376 e. The van der Waals surface area contributed by atoms with Crippen LogP contribution < -0.4 is 5.32 Å². The standard InChI is InChI=1S/C23H30N4O3/c1-18(9-10-19-6-3-2-4-7-19)26-22(28)11-14-27(17-20-8-5-15-30-20)23(29)21-16-24-12-13-25-21/h2-4,6-7,12-13,16,18,20H,5,8-11,14-15,17H2,1H3,(H,26,28). The van der Waals surface area contributed by atoms with E-state index in [4.69, 9.17) is 4.74 Å². The number of hydrogen-bond donors (Lipinski definition) is 1. The number of ether oxygens (including phenoxy) is 1. The first-order valence-corrected chi connectivity index (χ1v) is 10.6. The van der Waals surface area contributed by atoms with Gasteiger partial charge in [-0.3, -0.25) is 14.6 Å². The van der Waals surface area contributed by atoms with Crippen LogP contribution in [0, 0.1) is 0 Å². The molecule has 1 saturated heterocycles. The number of hydrogen-bond acceptors (Lipinski definition) is 5. The van der Waals surface area contributed by atoms with Crippen LogP contribution in [0.5, 0.6) is 0 Å². The zero-order valence-corrected chi connectivity index (χ0v) is 17.5. The number of nitrogens with zero attached hydrogens (tertiary/aromatic N) is 3. The quantitative estimate of drug-likeness (QED) is 0.651. The fourth-order valence-corrected chi connectivity index (χ4v) is 3.56. The molecule has 1 N–H and O–H groups in total. The molecule has 1 aromatic carbocycles. The molecule has 0 bridgehead atoms. The van der Waals surface area contributed by atoms with Gasteiger partial charge in [0, 0.05) is 44.6 Å². The summed E-state index contributed by atoms with van der Waals surface area (Å²) in [6, 6.07) is 10.3. The molecular formula is C23H30N4O3. The maximum Gasteiger partial charge on any atom is 0.274 e. The maximum atomic E-state index is 12.9. The molecule has 2 atom stereocenters. The van der Waals surface area contributed by atoms with Crippen molar-refractivity contribution in [3.8, 4) is 0 Å². The monoisotopic (exact) mass is 410 g/mol. The first kappa shape index (κ1) is 21.9. The van der Waals surface area contributed by atoms with E-state index in [1.54, 1.807) is 4.90 Å². The van der Waals surface area contributed by atoms with Crippen LogP contribution in [0.4, 0.5) is 0 Å². The lowest BCUT2D eigenvalue weighted by Gasteiger charge is -2.25. The Morgan fingerprint density at radius 2 is 2.10 bits per heavy atom. The zero-order chi connectivity index (χ0) is 21.2. The first-order chi connectivity index (χ1) is 14.6. The lowest BCUT2D eigenvalue weighted by atomic mass is 10.1. The highest BCUT2D eigenvalue weighted by molar-refractivity contribution is 5.92. The van der Waals surface area contributed by atoms with Crippen molar-refractivity contribution in [3.63, 3.8) is 0 Å². The molecule has 7 heteroatoms. The number of rotatable bonds is 10. The lowest BCUT2D eigenvalue weighted by molar-refractivity contribution is -0.122. The summed E-state index contributed by atoms with van der Waals surface area (Å²) in [6.45, 7) is 3.52. The Bertz CT molecular complexity index is 795. The van der Waals surface area contributed by atoms with Crippen LogP contribution in [0.1, 0.15) is 48.7 Å². The number of benzene rings is 1. The van der Waals surface area contributed by atoms with Gasteiger partial charge in [0.1, 0.15) is 5.69 Å². The highest BCUT2D eigenvalue weighted by Crippen LogP contribution is 2.15. The third kappa shape index (κ3) is 6.91. The summed E-state index contributed by atoms with van der Waals surface area (Å²) < 4.78 is 5.68. The van der Waals surface area contributed by atoms with Gasteiger partial charge in [-0.15, -0.1) is 0 Å². The molecule has 2 amide bonds. The summed E-state index contributed by atoms with van der Waals surface area (Å²) in [4.78, 5) is 35.1. The second-order valence-electron chi connectivity index (χ2n) is 7.72. The van der Waals surface area contributed by atoms with Gasteiger partial charge in [-0.25, -0.2) is 4.98 Å². The van der Waals surface area contributed by atoms with Gasteiger partial charge in [0.25, 0.3) is 5.91 Å². The Hall–Kier alpha value is -2.80. The molecule has 2 aromatic rings. The summed E-state index contributed by atoms with van der Waals surface area (Å²) in [5.74, 6) is -0.275. The van der Waals surface area contributed by atoms with Crippen LogP contribution in [0.2, 0.25) is 0 Å². The normalized spacial score (nSPS) is 16.8. The SMILES string of the molecule is CC(CCc1ccccc1)NC(=O)CCN(CC1CCCO1)C(=O)c1cnccn1. The Balaban J connectivity index is 1.49. The van der Waals surface area contributed by atoms with Crippen molar-refractivity contribution >= 4 is 11.8 Å². The molecule has 2 unspecified atom stereocenters. The predicted octanol–water partition coefficient (Wildman–Crippen LogP) is 2.63. The highest BCUT2D eigenvalue weighted by atomic mass is 16.5. The van der Waals surface area contributed by atoms with Crippen LogP contribution in [0.25, 0.3) is 0 Å². The van der Waals surface area contributed by atoms with E-state index in [1.165, 1.54) is 24.2 Å². The number of amides is 2. The average molecular weight is 411 g/mol. The van der Waals surface area contributed by atoms with Crippen molar-refractivity contribution in [3.05, 3.63) is 60.2 Å². The molecule has 0 aliphatic carbocycles. The Morgan fingerprint density at radius 3 is 2.80 bits per heavy atom. The maximum absolute atomic E-state index is 12.9. The van der Waals surface area contributed by atoms with Crippen molar-refractivity contribution in [2.75, 3.05) is 19.7 Å². The minimum absolute atomic E-state index is 0.0125. The minimum atomic E-state index is -0.219. The van der Waals surface area contributed by atoms with Crippen LogP contribution in [-0.4, -0.2) is 58.5 Å². The van der Waals surface area contributed by atoms with Gasteiger partial charge in [0.15, 0.2) is 0 Å². The summed E-state index contributed by atoms with van der Waals surface area (Å²) in [7, 11) is 0. The molecule has 7 nitrogen and oxygen atoms in total. The molecule has 1 fully saturated rings. The zero-order valence-electron chi connectivity index (χ0n) is 17.5. The van der Waals surface area contributed by atoms with Crippen LogP contribution in [0.3, 0.4) is 0 Å². The third-order valence-corrected chi connectivity index (χ3v) is 5.24. The van der Waals surface area contributed by atoms with E-state index in [-0.39, 0.29) is 36.1 Å². The van der Waals surface area contributed by atoms with Crippen molar-refractivity contribution < 1.29 is 14.3 Å². The summed E-state index contributed by atoms with van der Waals surface area (Å²) >= 11 is 0. The molecule has 1 aliphatic rings. The molecule has 0 spiro atoms. The van der Waals surface area contributed by atoms with E-state index in [2.05, 4.69) is 27.4 Å². The highest BCUT2D eigenvalue weighted by Gasteiger charge is 2.25. The predicted molar refractivity (Wildman–Crippen MR) is 114 cm³/mol. The fraction of sp³-hybridized carbons (Fsp3) is 0.478. The molecule has 2 heterocycles. The van der Waals surface area contributed by atoms with Crippen LogP contribution in [0.15, 0.2) is 48.9 Å². The lowest BCUT2D eigenvalue weighted by Crippen LogP contribution is -2.41. The topological polar surface area (TPSA) is 84.4 Å². The smallest absolute Gasteiger partial charge is 0.274 e. The first-order valence-electron chi connectivity index (χ1n) is 10.6. The number of nitrogens with one attached hydrogen (secondary N) is 1. The Morgan fingerprint density at radius 1 is 1.27 bits per heavy atom. The van der Waals surface area contributed by atoms with E-state index in [0.717, 1.165) is 32.3 Å². The van der Waals surface area contributed by atoms with E-state index >= 15 is 0 Å². The van der Waals surface area contributed by atoms with Crippen molar-refractivity contribution in [2.24, 2.45) is 0 Å². The van der Waals surface area contributed by atoms with Gasteiger partial charge in [-0.2, -0.15) is 0 Å².